The van der Waals surface area contributed by atoms with Crippen molar-refractivity contribution in [3.8, 4) is 0 Å². The molecule has 5 nitrogen and oxygen atoms in total. The number of carbonyl (C=O) groups is 3. The number of piperidine rings is 1. The number of nitrogens with zero attached hydrogens (tertiary/aromatic N) is 2. The summed E-state index contributed by atoms with van der Waals surface area (Å²) in [6, 6.07) is 6.36. The van der Waals surface area contributed by atoms with E-state index in [1.807, 2.05) is 0 Å². The first-order valence-electron chi connectivity index (χ1n) is 10.1. The molecular formula is C21H16Cl6N2O3. The maximum atomic E-state index is 13.5. The van der Waals surface area contributed by atoms with E-state index in [-0.39, 0.29) is 21.7 Å². The molecule has 0 N–H and O–H groups in total. The van der Waals surface area contributed by atoms with Crippen LogP contribution in [0.2, 0.25) is 0 Å². The van der Waals surface area contributed by atoms with Gasteiger partial charge in [-0.1, -0.05) is 52.5 Å². The van der Waals surface area contributed by atoms with Gasteiger partial charge in [0, 0.05) is 18.7 Å². The smallest absolute Gasteiger partial charge is 0.253 e. The summed E-state index contributed by atoms with van der Waals surface area (Å²) < 4.78 is -1.98. The Balaban J connectivity index is 1.53. The summed E-state index contributed by atoms with van der Waals surface area (Å²) in [6.07, 6.45) is 2.98. The number of rotatable bonds is 2. The van der Waals surface area contributed by atoms with Gasteiger partial charge in [0.2, 0.25) is 11.8 Å². The maximum absolute atomic E-state index is 13.5. The number of imide groups is 1. The lowest BCUT2D eigenvalue weighted by Gasteiger charge is -2.34. The Morgan fingerprint density at radius 1 is 0.875 bits per heavy atom. The van der Waals surface area contributed by atoms with Crippen LogP contribution in [-0.2, 0) is 9.59 Å². The number of hydrogen-bond donors (Lipinski definition) is 0. The van der Waals surface area contributed by atoms with Gasteiger partial charge < -0.3 is 4.90 Å². The number of benzene rings is 1. The second kappa shape index (κ2) is 7.40. The molecule has 32 heavy (non-hydrogen) atoms. The summed E-state index contributed by atoms with van der Waals surface area (Å²) in [5.74, 6) is -3.86. The summed E-state index contributed by atoms with van der Waals surface area (Å²) >= 11 is 39.1. The molecule has 4 atom stereocenters. The minimum atomic E-state index is -1.98. The molecule has 2 aliphatic carbocycles. The summed E-state index contributed by atoms with van der Waals surface area (Å²) in [4.78, 5) is 38.9. The molecule has 0 unspecified atom stereocenters. The van der Waals surface area contributed by atoms with Crippen LogP contribution in [0.4, 0.5) is 5.69 Å². The number of halogens is 6. The van der Waals surface area contributed by atoms with E-state index in [2.05, 4.69) is 0 Å². The van der Waals surface area contributed by atoms with Crippen LogP contribution in [0.15, 0.2) is 34.3 Å². The van der Waals surface area contributed by atoms with Crippen LogP contribution in [0.3, 0.4) is 0 Å². The van der Waals surface area contributed by atoms with Crippen LogP contribution < -0.4 is 4.90 Å². The quantitative estimate of drug-likeness (QED) is 0.369. The van der Waals surface area contributed by atoms with Crippen LogP contribution in [-0.4, -0.2) is 49.8 Å². The highest BCUT2D eigenvalue weighted by atomic mass is 35.5. The predicted octanol–water partition coefficient (Wildman–Crippen LogP) is 5.26. The van der Waals surface area contributed by atoms with Gasteiger partial charge >= 0.3 is 0 Å². The summed E-state index contributed by atoms with van der Waals surface area (Å²) in [7, 11) is 0. The van der Waals surface area contributed by atoms with Crippen molar-refractivity contribution in [3.63, 3.8) is 0 Å². The van der Waals surface area contributed by atoms with Gasteiger partial charge in [0.15, 0.2) is 4.33 Å². The highest BCUT2D eigenvalue weighted by molar-refractivity contribution is 6.67. The van der Waals surface area contributed by atoms with Gasteiger partial charge in [0.05, 0.1) is 27.6 Å². The van der Waals surface area contributed by atoms with Gasteiger partial charge in [0.25, 0.3) is 5.91 Å². The molecule has 1 saturated carbocycles. The van der Waals surface area contributed by atoms with Crippen molar-refractivity contribution in [1.82, 2.24) is 4.90 Å². The van der Waals surface area contributed by atoms with E-state index >= 15 is 0 Å². The number of anilines is 1. The number of fused-ring (bicyclic) bond motifs is 5. The van der Waals surface area contributed by atoms with Crippen molar-refractivity contribution in [2.45, 2.75) is 33.3 Å². The first-order chi connectivity index (χ1) is 15.0. The van der Waals surface area contributed by atoms with Crippen molar-refractivity contribution in [3.05, 3.63) is 39.9 Å². The Kier molecular flexibility index (Phi) is 5.34. The second-order valence-electron chi connectivity index (χ2n) is 8.50. The molecule has 11 heteroatoms. The molecule has 2 heterocycles. The molecular weight excluding hydrogens is 541 g/mol. The van der Waals surface area contributed by atoms with Gasteiger partial charge in [-0.3, -0.25) is 14.4 Å². The number of hydrogen-bond acceptors (Lipinski definition) is 3. The van der Waals surface area contributed by atoms with E-state index in [9.17, 15) is 14.4 Å². The summed E-state index contributed by atoms with van der Waals surface area (Å²) in [5.41, 5.74) is 0.614. The van der Waals surface area contributed by atoms with E-state index in [1.54, 1.807) is 23.1 Å². The number of allylic oxidation sites excluding steroid dienone is 2. The SMILES string of the molecule is O=C(c1cccc(N2C(=O)[C@@H]3[C@@H](C2=O)[C@@]2(Cl)C(Cl)=C(Cl)[C@@]3(Cl)C2(Cl)Cl)c1)N1CCCCC1. The van der Waals surface area contributed by atoms with Crippen LogP contribution in [0.1, 0.15) is 29.6 Å². The molecule has 1 aromatic carbocycles. The molecule has 170 valence electrons. The van der Waals surface area contributed by atoms with Crippen molar-refractivity contribution in [2.24, 2.45) is 11.8 Å². The summed E-state index contributed by atoms with van der Waals surface area (Å²) in [5, 5.41) is -0.279. The third-order valence-electron chi connectivity index (χ3n) is 6.90. The summed E-state index contributed by atoms with van der Waals surface area (Å²) in [6.45, 7) is 1.35. The van der Waals surface area contributed by atoms with E-state index in [4.69, 9.17) is 69.6 Å². The van der Waals surface area contributed by atoms with E-state index in [0.717, 1.165) is 24.2 Å². The number of amides is 3. The third-order valence-corrected chi connectivity index (χ3v) is 11.2. The van der Waals surface area contributed by atoms with Gasteiger partial charge in [0.1, 0.15) is 9.75 Å². The van der Waals surface area contributed by atoms with E-state index < -0.39 is 37.7 Å². The van der Waals surface area contributed by atoms with Gasteiger partial charge in [-0.25, -0.2) is 4.90 Å². The highest BCUT2D eigenvalue weighted by Crippen LogP contribution is 2.77. The second-order valence-corrected chi connectivity index (χ2v) is 11.8. The van der Waals surface area contributed by atoms with E-state index in [1.165, 1.54) is 6.07 Å². The fraction of sp³-hybridized carbons (Fsp3) is 0.476. The molecule has 0 aromatic heterocycles. The molecule has 4 aliphatic rings. The van der Waals surface area contributed by atoms with Gasteiger partial charge in [-0.15, -0.1) is 23.2 Å². The molecule has 0 spiro atoms. The van der Waals surface area contributed by atoms with Crippen molar-refractivity contribution in [1.29, 1.82) is 0 Å². The lowest BCUT2D eigenvalue weighted by Crippen LogP contribution is -2.50. The van der Waals surface area contributed by atoms with Crippen LogP contribution in [0.25, 0.3) is 0 Å². The highest BCUT2D eigenvalue weighted by Gasteiger charge is 2.87. The van der Waals surface area contributed by atoms with E-state index in [0.29, 0.717) is 18.7 Å². The van der Waals surface area contributed by atoms with Crippen molar-refractivity contribution in [2.75, 3.05) is 18.0 Å². The van der Waals surface area contributed by atoms with Crippen LogP contribution in [0.5, 0.6) is 0 Å². The van der Waals surface area contributed by atoms with Crippen LogP contribution >= 0.6 is 69.6 Å². The predicted molar refractivity (Wildman–Crippen MR) is 126 cm³/mol. The van der Waals surface area contributed by atoms with Crippen LogP contribution in [0, 0.1) is 11.8 Å². The maximum Gasteiger partial charge on any atom is 0.253 e. The standard InChI is InChI=1S/C21H16Cl6N2O3/c22-14-15(23)20(25)13-12(19(14,24)21(20,26)27)17(31)29(18(13)32)11-6-4-5-10(9-11)16(30)28-7-2-1-3-8-28/h4-6,9,12-13H,1-3,7-8H2/t12-,13-,19+,20+/m0/s1. The lowest BCUT2D eigenvalue weighted by atomic mass is 9.84. The zero-order chi connectivity index (χ0) is 23.2. The fourth-order valence-corrected chi connectivity index (χ4v) is 8.24. The number of alkyl halides is 4. The Morgan fingerprint density at radius 3 is 1.94 bits per heavy atom. The van der Waals surface area contributed by atoms with Gasteiger partial charge in [-0.05, 0) is 37.5 Å². The first-order valence-corrected chi connectivity index (χ1v) is 12.4. The average Bonchev–Trinajstić information content (AvgIpc) is 3.17. The lowest BCUT2D eigenvalue weighted by molar-refractivity contribution is -0.123. The molecule has 2 saturated heterocycles. The molecule has 3 amide bonds. The molecule has 1 aromatic rings. The average molecular weight is 557 g/mol. The zero-order valence-corrected chi connectivity index (χ0v) is 20.9. The molecule has 0 radical (unpaired) electrons. The molecule has 2 bridgehead atoms. The van der Waals surface area contributed by atoms with Gasteiger partial charge in [-0.2, -0.15) is 0 Å². The fourth-order valence-electron chi connectivity index (χ4n) is 5.31. The molecule has 2 aliphatic heterocycles. The number of likely N-dealkylation sites (tertiary alicyclic amines) is 1. The monoisotopic (exact) mass is 554 g/mol. The third kappa shape index (κ3) is 2.59. The number of carbonyl (C=O) groups excluding carboxylic acids is 3. The minimum absolute atomic E-state index is 0.140. The first kappa shape index (κ1) is 23.1. The minimum Gasteiger partial charge on any atom is -0.339 e. The zero-order valence-electron chi connectivity index (χ0n) is 16.4. The normalized spacial score (nSPS) is 35.7. The Hall–Kier alpha value is -0.690. The Morgan fingerprint density at radius 2 is 1.41 bits per heavy atom. The molecule has 3 fully saturated rings. The largest absolute Gasteiger partial charge is 0.339 e. The topological polar surface area (TPSA) is 57.7 Å². The molecule has 5 rings (SSSR count). The van der Waals surface area contributed by atoms with Crippen molar-refractivity contribution >= 4 is 93.0 Å². The Labute approximate surface area is 214 Å². The van der Waals surface area contributed by atoms with Crippen molar-refractivity contribution < 1.29 is 14.4 Å². The Bertz CT molecular complexity index is 1050.